The Labute approximate surface area is 191 Å². The molecule has 0 aromatic heterocycles. The Bertz CT molecular complexity index is 792. The highest BCUT2D eigenvalue weighted by Gasteiger charge is 2.27. The molecule has 0 saturated carbocycles. The number of nitrogens with zero attached hydrogens (tertiary/aromatic N) is 1. The van der Waals surface area contributed by atoms with Crippen LogP contribution in [-0.2, 0) is 0 Å². The van der Waals surface area contributed by atoms with Gasteiger partial charge in [0.15, 0.2) is 0 Å². The smallest absolute Gasteiger partial charge is 0.264 e. The lowest BCUT2D eigenvalue weighted by molar-refractivity contribution is 0.0609. The van der Waals surface area contributed by atoms with Gasteiger partial charge in [0.25, 0.3) is 11.8 Å². The summed E-state index contributed by atoms with van der Waals surface area (Å²) in [4.78, 5) is 28.3. The van der Waals surface area contributed by atoms with Crippen molar-refractivity contribution in [1.29, 1.82) is 0 Å². The highest BCUT2D eigenvalue weighted by Crippen LogP contribution is 2.25. The number of unbranched alkanes of at least 4 members (excludes halogenated alkanes) is 5. The maximum atomic E-state index is 13.5. The minimum atomic E-state index is -0.353. The molecule has 0 heterocycles. The molecule has 174 valence electrons. The summed E-state index contributed by atoms with van der Waals surface area (Å²) >= 11 is 0. The number of hydrogen-bond acceptors (Lipinski definition) is 5. The summed E-state index contributed by atoms with van der Waals surface area (Å²) < 4.78 is 11.3. The van der Waals surface area contributed by atoms with Crippen LogP contribution in [0.2, 0.25) is 0 Å². The van der Waals surface area contributed by atoms with Crippen molar-refractivity contribution < 1.29 is 19.1 Å². The van der Waals surface area contributed by atoms with Gasteiger partial charge in [-0.05, 0) is 57.5 Å². The summed E-state index contributed by atoms with van der Waals surface area (Å²) in [7, 11) is 0. The zero-order valence-electron chi connectivity index (χ0n) is 19.3. The maximum Gasteiger partial charge on any atom is 0.264 e. The molecule has 2 rings (SSSR count). The van der Waals surface area contributed by atoms with Crippen molar-refractivity contribution in [2.24, 2.45) is 5.73 Å². The van der Waals surface area contributed by atoms with E-state index in [1.54, 1.807) is 36.4 Å². The van der Waals surface area contributed by atoms with E-state index in [2.05, 4.69) is 0 Å². The fraction of sp³-hybridized carbons (Fsp3) is 0.462. The van der Waals surface area contributed by atoms with Gasteiger partial charge in [-0.15, -0.1) is 0 Å². The number of carbonyl (C=O) groups is 2. The molecule has 32 heavy (non-hydrogen) atoms. The first-order valence-electron chi connectivity index (χ1n) is 11.6. The molecule has 0 saturated heterocycles. The van der Waals surface area contributed by atoms with Gasteiger partial charge >= 0.3 is 0 Å². The first-order valence-corrected chi connectivity index (χ1v) is 11.6. The SMILES string of the molecule is CCOc1ccccc1C(=O)N(CCCCCCCCN)C(=O)c1ccccc1OCC. The summed E-state index contributed by atoms with van der Waals surface area (Å²) in [5, 5.41) is 0. The van der Waals surface area contributed by atoms with Crippen molar-refractivity contribution >= 4 is 11.8 Å². The fourth-order valence-electron chi connectivity index (χ4n) is 3.56. The van der Waals surface area contributed by atoms with Crippen LogP contribution in [0.4, 0.5) is 0 Å². The van der Waals surface area contributed by atoms with Crippen LogP contribution in [0.5, 0.6) is 11.5 Å². The molecule has 0 aliphatic heterocycles. The summed E-state index contributed by atoms with van der Waals surface area (Å²) in [6.07, 6.45) is 6.00. The summed E-state index contributed by atoms with van der Waals surface area (Å²) in [6, 6.07) is 14.1. The molecule has 6 nitrogen and oxygen atoms in total. The first-order chi connectivity index (χ1) is 15.6. The standard InChI is InChI=1S/C26H36N2O4/c1-3-31-23-17-11-9-15-21(23)25(29)28(20-14-8-6-5-7-13-19-27)26(30)22-16-10-12-18-24(22)32-4-2/h9-12,15-18H,3-8,13-14,19-20,27H2,1-2H3. The molecule has 2 amide bonds. The van der Waals surface area contributed by atoms with Gasteiger partial charge in [0.05, 0.1) is 24.3 Å². The summed E-state index contributed by atoms with van der Waals surface area (Å²) in [5.41, 5.74) is 6.33. The average molecular weight is 441 g/mol. The number of amides is 2. The Kier molecular flexibility index (Phi) is 11.3. The van der Waals surface area contributed by atoms with Gasteiger partial charge in [-0.25, -0.2) is 0 Å². The Morgan fingerprint density at radius 3 is 1.62 bits per heavy atom. The lowest BCUT2D eigenvalue weighted by Crippen LogP contribution is -2.38. The predicted octanol–water partition coefficient (Wildman–Crippen LogP) is 5.07. The van der Waals surface area contributed by atoms with Crippen molar-refractivity contribution in [1.82, 2.24) is 4.90 Å². The topological polar surface area (TPSA) is 81.9 Å². The van der Waals surface area contributed by atoms with Crippen molar-refractivity contribution in [3.05, 3.63) is 59.7 Å². The molecule has 0 atom stereocenters. The molecular weight excluding hydrogens is 404 g/mol. The van der Waals surface area contributed by atoms with Crippen LogP contribution < -0.4 is 15.2 Å². The maximum absolute atomic E-state index is 13.5. The fourth-order valence-corrected chi connectivity index (χ4v) is 3.56. The number of para-hydroxylation sites is 2. The zero-order chi connectivity index (χ0) is 23.2. The third kappa shape index (κ3) is 7.38. The minimum Gasteiger partial charge on any atom is -0.493 e. The molecule has 6 heteroatoms. The van der Waals surface area contributed by atoms with Crippen molar-refractivity contribution in [2.45, 2.75) is 52.4 Å². The van der Waals surface area contributed by atoms with Gasteiger partial charge in [0.1, 0.15) is 11.5 Å². The van der Waals surface area contributed by atoms with E-state index in [4.69, 9.17) is 15.2 Å². The van der Waals surface area contributed by atoms with E-state index >= 15 is 0 Å². The monoisotopic (exact) mass is 440 g/mol. The third-order valence-electron chi connectivity index (χ3n) is 5.16. The Hall–Kier alpha value is -2.86. The third-order valence-corrected chi connectivity index (χ3v) is 5.16. The highest BCUT2D eigenvalue weighted by molar-refractivity contribution is 6.12. The quantitative estimate of drug-likeness (QED) is 0.328. The van der Waals surface area contributed by atoms with Gasteiger partial charge in [-0.1, -0.05) is 49.9 Å². The largest absolute Gasteiger partial charge is 0.493 e. The molecular formula is C26H36N2O4. The molecule has 0 fully saturated rings. The molecule has 0 unspecified atom stereocenters. The van der Waals surface area contributed by atoms with Crippen LogP contribution in [-0.4, -0.2) is 43.0 Å². The van der Waals surface area contributed by atoms with E-state index in [0.717, 1.165) is 45.1 Å². The zero-order valence-corrected chi connectivity index (χ0v) is 19.3. The molecule has 2 aromatic rings. The van der Waals surface area contributed by atoms with E-state index in [1.165, 1.54) is 4.90 Å². The Balaban J connectivity index is 2.23. The van der Waals surface area contributed by atoms with Crippen molar-refractivity contribution in [3.8, 4) is 11.5 Å². The van der Waals surface area contributed by atoms with E-state index in [9.17, 15) is 9.59 Å². The van der Waals surface area contributed by atoms with Crippen LogP contribution in [0.1, 0.15) is 73.1 Å². The highest BCUT2D eigenvalue weighted by atomic mass is 16.5. The van der Waals surface area contributed by atoms with Gasteiger partial charge in [0.2, 0.25) is 0 Å². The van der Waals surface area contributed by atoms with Crippen LogP contribution in [0.3, 0.4) is 0 Å². The Morgan fingerprint density at radius 2 is 1.16 bits per heavy atom. The molecule has 0 bridgehead atoms. The predicted molar refractivity (Wildman–Crippen MR) is 127 cm³/mol. The normalized spacial score (nSPS) is 10.6. The van der Waals surface area contributed by atoms with Gasteiger partial charge < -0.3 is 15.2 Å². The molecule has 0 spiro atoms. The number of benzene rings is 2. The van der Waals surface area contributed by atoms with E-state index in [1.807, 2.05) is 26.0 Å². The summed E-state index contributed by atoms with van der Waals surface area (Å²) in [6.45, 7) is 5.67. The van der Waals surface area contributed by atoms with Crippen LogP contribution in [0.25, 0.3) is 0 Å². The number of ether oxygens (including phenoxy) is 2. The first kappa shape index (κ1) is 25.4. The van der Waals surface area contributed by atoms with Gasteiger partial charge in [-0.3, -0.25) is 14.5 Å². The number of rotatable bonds is 14. The second kappa shape index (κ2) is 14.2. The second-order valence-electron chi connectivity index (χ2n) is 7.53. The van der Waals surface area contributed by atoms with E-state index in [0.29, 0.717) is 42.4 Å². The summed E-state index contributed by atoms with van der Waals surface area (Å²) in [5.74, 6) is 0.261. The number of hydrogen-bond donors (Lipinski definition) is 1. The lowest BCUT2D eigenvalue weighted by atomic mass is 10.1. The van der Waals surface area contributed by atoms with Gasteiger partial charge in [0, 0.05) is 6.54 Å². The number of imide groups is 1. The molecule has 2 aromatic carbocycles. The molecule has 0 aliphatic rings. The Morgan fingerprint density at radius 1 is 0.719 bits per heavy atom. The number of carbonyl (C=O) groups excluding carboxylic acids is 2. The molecule has 0 radical (unpaired) electrons. The van der Waals surface area contributed by atoms with E-state index < -0.39 is 0 Å². The van der Waals surface area contributed by atoms with Crippen molar-refractivity contribution in [2.75, 3.05) is 26.3 Å². The van der Waals surface area contributed by atoms with Crippen LogP contribution >= 0.6 is 0 Å². The molecule has 2 N–H and O–H groups in total. The van der Waals surface area contributed by atoms with Crippen LogP contribution in [0, 0.1) is 0 Å². The average Bonchev–Trinajstić information content (AvgIpc) is 2.81. The van der Waals surface area contributed by atoms with Gasteiger partial charge in [-0.2, -0.15) is 0 Å². The second-order valence-corrected chi connectivity index (χ2v) is 7.53. The van der Waals surface area contributed by atoms with Crippen LogP contribution in [0.15, 0.2) is 48.5 Å². The molecule has 0 aliphatic carbocycles. The lowest BCUT2D eigenvalue weighted by Gasteiger charge is -2.23. The van der Waals surface area contributed by atoms with Crippen molar-refractivity contribution in [3.63, 3.8) is 0 Å². The number of nitrogens with two attached hydrogens (primary N) is 1. The minimum absolute atomic E-state index is 0.343. The van der Waals surface area contributed by atoms with E-state index in [-0.39, 0.29) is 11.8 Å².